The van der Waals surface area contributed by atoms with Crippen LogP contribution in [0, 0.1) is 17.8 Å². The van der Waals surface area contributed by atoms with E-state index < -0.39 is 0 Å². The van der Waals surface area contributed by atoms with Gasteiger partial charge in [0, 0.05) is 35.7 Å². The van der Waals surface area contributed by atoms with E-state index in [9.17, 15) is 0 Å². The Morgan fingerprint density at radius 2 is 2.04 bits per heavy atom. The second-order valence-corrected chi connectivity index (χ2v) is 9.62. The van der Waals surface area contributed by atoms with E-state index in [1.165, 1.54) is 44.0 Å². The first-order chi connectivity index (χ1) is 12.6. The van der Waals surface area contributed by atoms with E-state index in [-0.39, 0.29) is 0 Å². The van der Waals surface area contributed by atoms with Crippen molar-refractivity contribution < 1.29 is 0 Å². The quantitative estimate of drug-likeness (QED) is 0.724. The summed E-state index contributed by atoms with van der Waals surface area (Å²) in [7, 11) is 0. The largest absolute Gasteiger partial charge is 0.342 e. The van der Waals surface area contributed by atoms with Crippen LogP contribution in [0.25, 0.3) is 10.9 Å². The highest BCUT2D eigenvalue weighted by Crippen LogP contribution is 2.46. The topological polar surface area (TPSA) is 17.0 Å². The van der Waals surface area contributed by atoms with Gasteiger partial charge in [0.25, 0.3) is 0 Å². The Morgan fingerprint density at radius 1 is 1.15 bits per heavy atom. The Hall–Kier alpha value is -1.28. The van der Waals surface area contributed by atoms with Gasteiger partial charge in [-0.05, 0) is 79.0 Å². The second-order valence-electron chi connectivity index (χ2n) is 9.62. The third-order valence-corrected chi connectivity index (χ3v) is 7.66. The Labute approximate surface area is 158 Å². The molecule has 2 aliphatic carbocycles. The fourth-order valence-corrected chi connectivity index (χ4v) is 6.35. The molecule has 0 bridgehead atoms. The highest BCUT2D eigenvalue weighted by Gasteiger charge is 2.33. The lowest BCUT2D eigenvalue weighted by Crippen LogP contribution is -2.35. The summed E-state index contributed by atoms with van der Waals surface area (Å²) in [6, 6.07) is 8.15. The number of fused-ring (bicyclic) bond motifs is 3. The van der Waals surface area contributed by atoms with Crippen LogP contribution in [0.1, 0.15) is 81.7 Å². The lowest BCUT2D eigenvalue weighted by molar-refractivity contribution is 0.197. The maximum Gasteiger partial charge on any atom is 0.0486 e. The van der Waals surface area contributed by atoms with Crippen LogP contribution in [-0.2, 0) is 13.0 Å². The molecule has 4 atom stereocenters. The molecule has 2 aromatic rings. The summed E-state index contributed by atoms with van der Waals surface area (Å²) in [5.74, 6) is 3.27. The number of aryl methyl sites for hydroxylation is 1. The predicted molar refractivity (Wildman–Crippen MR) is 110 cm³/mol. The minimum absolute atomic E-state index is 0.599. The molecule has 1 saturated carbocycles. The van der Waals surface area contributed by atoms with Crippen molar-refractivity contribution in [3.05, 3.63) is 35.0 Å². The van der Waals surface area contributed by atoms with Crippen molar-refractivity contribution in [1.82, 2.24) is 9.88 Å². The van der Waals surface area contributed by atoms with Crippen molar-refractivity contribution in [3.8, 4) is 0 Å². The van der Waals surface area contributed by atoms with E-state index in [1.807, 2.05) is 0 Å². The molecule has 3 aliphatic rings. The van der Waals surface area contributed by atoms with Crippen LogP contribution >= 0.6 is 0 Å². The molecule has 1 aromatic heterocycles. The van der Waals surface area contributed by atoms with Gasteiger partial charge in [-0.25, -0.2) is 0 Å². The monoisotopic (exact) mass is 350 g/mol. The maximum atomic E-state index is 3.76. The molecule has 0 saturated heterocycles. The van der Waals surface area contributed by atoms with Crippen LogP contribution in [0.4, 0.5) is 0 Å². The maximum absolute atomic E-state index is 3.76. The molecule has 2 heterocycles. The van der Waals surface area contributed by atoms with E-state index in [0.717, 1.165) is 36.8 Å². The third-order valence-electron chi connectivity index (χ3n) is 7.66. The fraction of sp³-hybridized carbons (Fsp3) is 0.667. The summed E-state index contributed by atoms with van der Waals surface area (Å²) in [4.78, 5) is 0. The van der Waals surface area contributed by atoms with Crippen molar-refractivity contribution in [2.24, 2.45) is 17.8 Å². The minimum atomic E-state index is 0.599. The van der Waals surface area contributed by atoms with Crippen LogP contribution in [0.15, 0.2) is 18.2 Å². The van der Waals surface area contributed by atoms with Gasteiger partial charge < -0.3 is 9.88 Å². The smallest absolute Gasteiger partial charge is 0.0486 e. The molecule has 5 rings (SSSR count). The SMILES string of the molecule is CC1CCC(C(C)C)C(c2ccc3c(c2)c2c4n3CCNC4CCC2)C1. The van der Waals surface area contributed by atoms with Gasteiger partial charge in [-0.15, -0.1) is 0 Å². The number of benzene rings is 1. The molecule has 0 amide bonds. The molecule has 0 radical (unpaired) electrons. The molecule has 1 aromatic carbocycles. The third kappa shape index (κ3) is 2.56. The van der Waals surface area contributed by atoms with Crippen LogP contribution in [0.5, 0.6) is 0 Å². The molecule has 4 unspecified atom stereocenters. The average Bonchev–Trinajstić information content (AvgIpc) is 2.97. The zero-order valence-corrected chi connectivity index (χ0v) is 16.7. The van der Waals surface area contributed by atoms with Crippen LogP contribution in [0.2, 0.25) is 0 Å². The van der Waals surface area contributed by atoms with E-state index in [1.54, 1.807) is 22.2 Å². The molecule has 140 valence electrons. The Balaban J connectivity index is 1.62. The number of hydrogen-bond donors (Lipinski definition) is 1. The average molecular weight is 351 g/mol. The summed E-state index contributed by atoms with van der Waals surface area (Å²) in [5.41, 5.74) is 6.40. The van der Waals surface area contributed by atoms with Crippen molar-refractivity contribution in [2.75, 3.05) is 6.54 Å². The van der Waals surface area contributed by atoms with Crippen molar-refractivity contribution in [1.29, 1.82) is 0 Å². The van der Waals surface area contributed by atoms with E-state index in [4.69, 9.17) is 0 Å². The van der Waals surface area contributed by atoms with Gasteiger partial charge in [0.05, 0.1) is 0 Å². The number of hydrogen-bond acceptors (Lipinski definition) is 1. The van der Waals surface area contributed by atoms with Gasteiger partial charge in [-0.2, -0.15) is 0 Å². The number of nitrogens with one attached hydrogen (secondary N) is 1. The van der Waals surface area contributed by atoms with Gasteiger partial charge in [-0.3, -0.25) is 0 Å². The van der Waals surface area contributed by atoms with Gasteiger partial charge in [-0.1, -0.05) is 33.3 Å². The molecule has 2 heteroatoms. The lowest BCUT2D eigenvalue weighted by Gasteiger charge is -2.38. The Bertz CT molecular complexity index is 813. The fourth-order valence-electron chi connectivity index (χ4n) is 6.35. The van der Waals surface area contributed by atoms with E-state index >= 15 is 0 Å². The number of rotatable bonds is 2. The van der Waals surface area contributed by atoms with E-state index in [0.29, 0.717) is 6.04 Å². The minimum Gasteiger partial charge on any atom is -0.342 e. The number of aromatic nitrogens is 1. The molecule has 0 spiro atoms. The first-order valence-corrected chi connectivity index (χ1v) is 11.0. The first-order valence-electron chi connectivity index (χ1n) is 11.0. The Kier molecular flexibility index (Phi) is 4.15. The molecule has 1 N–H and O–H groups in total. The van der Waals surface area contributed by atoms with Gasteiger partial charge >= 0.3 is 0 Å². The second kappa shape index (κ2) is 6.41. The Morgan fingerprint density at radius 3 is 2.88 bits per heavy atom. The van der Waals surface area contributed by atoms with Crippen LogP contribution < -0.4 is 5.32 Å². The van der Waals surface area contributed by atoms with Crippen LogP contribution in [0.3, 0.4) is 0 Å². The normalized spacial score (nSPS) is 31.4. The number of nitrogens with zero attached hydrogens (tertiary/aromatic N) is 1. The predicted octanol–water partition coefficient (Wildman–Crippen LogP) is 5.80. The van der Waals surface area contributed by atoms with Crippen molar-refractivity contribution in [2.45, 2.75) is 77.8 Å². The molecule has 26 heavy (non-hydrogen) atoms. The summed E-state index contributed by atoms with van der Waals surface area (Å²) in [5, 5.41) is 5.34. The lowest BCUT2D eigenvalue weighted by atomic mass is 9.67. The van der Waals surface area contributed by atoms with Gasteiger partial charge in [0.2, 0.25) is 0 Å². The van der Waals surface area contributed by atoms with Gasteiger partial charge in [0.1, 0.15) is 0 Å². The zero-order valence-electron chi connectivity index (χ0n) is 16.7. The zero-order chi connectivity index (χ0) is 17.8. The van der Waals surface area contributed by atoms with Gasteiger partial charge in [0.15, 0.2) is 0 Å². The molecule has 2 nitrogen and oxygen atoms in total. The summed E-state index contributed by atoms with van der Waals surface area (Å²) < 4.78 is 2.64. The van der Waals surface area contributed by atoms with E-state index in [2.05, 4.69) is 48.9 Å². The van der Waals surface area contributed by atoms with Crippen molar-refractivity contribution >= 4 is 10.9 Å². The van der Waals surface area contributed by atoms with Crippen LogP contribution in [-0.4, -0.2) is 11.1 Å². The molecular formula is C24H34N2. The first kappa shape index (κ1) is 16.9. The molecule has 1 fully saturated rings. The highest BCUT2D eigenvalue weighted by atomic mass is 15.1. The molecule has 1 aliphatic heterocycles. The highest BCUT2D eigenvalue weighted by molar-refractivity contribution is 5.87. The summed E-state index contributed by atoms with van der Waals surface area (Å²) >= 11 is 0. The summed E-state index contributed by atoms with van der Waals surface area (Å²) in [6.07, 6.45) is 8.12. The molecular weight excluding hydrogens is 316 g/mol. The summed E-state index contributed by atoms with van der Waals surface area (Å²) in [6.45, 7) is 9.58. The standard InChI is InChI=1S/C24H34N2/c1-15(2)18-9-7-16(3)13-20(18)17-8-10-23-21(14-17)19-5-4-6-22-24(19)26(23)12-11-25-22/h8,10,14-16,18,20,22,25H,4-7,9,11-13H2,1-3H3. The van der Waals surface area contributed by atoms with Crippen molar-refractivity contribution in [3.63, 3.8) is 0 Å².